The number of amides is 2. The maximum Gasteiger partial charge on any atom is 0.256 e. The number of carbonyl (C=O) groups excluding carboxylic acids is 2. The summed E-state index contributed by atoms with van der Waals surface area (Å²) in [5.41, 5.74) is 1.91. The lowest BCUT2D eigenvalue weighted by atomic mass is 10.1. The standard InChI is InChI=1S/C21H23N3O2S/c25-20(22-10-13-24-11-4-1-5-12-24)15-8-9-19-17(14-15)23-21(26)16-6-2-3-7-18(16)27-19/h2-3,6-9,14H,1,4-5,10-13H2,(H,22,25)(H,23,26). The molecule has 5 nitrogen and oxygen atoms in total. The van der Waals surface area contributed by atoms with Crippen LogP contribution in [0, 0.1) is 0 Å². The Kier molecular flexibility index (Phi) is 5.45. The number of anilines is 1. The first kappa shape index (κ1) is 18.1. The van der Waals surface area contributed by atoms with E-state index >= 15 is 0 Å². The molecule has 0 radical (unpaired) electrons. The van der Waals surface area contributed by atoms with Crippen LogP contribution >= 0.6 is 11.8 Å². The molecule has 6 heteroatoms. The SMILES string of the molecule is O=C(NCCN1CCCCC1)c1ccc2c(c1)NC(=O)c1ccccc1S2. The van der Waals surface area contributed by atoms with Crippen LogP contribution in [0.3, 0.4) is 0 Å². The van der Waals surface area contributed by atoms with Gasteiger partial charge in [-0.2, -0.15) is 0 Å². The fraction of sp³-hybridized carbons (Fsp3) is 0.333. The van der Waals surface area contributed by atoms with E-state index < -0.39 is 0 Å². The Bertz CT molecular complexity index is 862. The van der Waals surface area contributed by atoms with Crippen LogP contribution in [0.1, 0.15) is 40.0 Å². The maximum absolute atomic E-state index is 12.5. The Labute approximate surface area is 163 Å². The summed E-state index contributed by atoms with van der Waals surface area (Å²) in [6.07, 6.45) is 3.81. The number of nitrogens with zero attached hydrogens (tertiary/aromatic N) is 1. The summed E-state index contributed by atoms with van der Waals surface area (Å²) in [7, 11) is 0. The normalized spacial score (nSPS) is 16.7. The van der Waals surface area contributed by atoms with Crippen LogP contribution in [0.15, 0.2) is 52.3 Å². The number of rotatable bonds is 4. The molecule has 2 aromatic rings. The van der Waals surface area contributed by atoms with Gasteiger partial charge in [-0.25, -0.2) is 0 Å². The minimum Gasteiger partial charge on any atom is -0.351 e. The van der Waals surface area contributed by atoms with Gasteiger partial charge in [-0.3, -0.25) is 9.59 Å². The lowest BCUT2D eigenvalue weighted by molar-refractivity contribution is 0.0945. The molecule has 2 aliphatic heterocycles. The molecule has 2 aromatic carbocycles. The smallest absolute Gasteiger partial charge is 0.256 e. The third-order valence-electron chi connectivity index (χ3n) is 5.00. The lowest BCUT2D eigenvalue weighted by Crippen LogP contribution is -2.37. The van der Waals surface area contributed by atoms with E-state index in [2.05, 4.69) is 15.5 Å². The van der Waals surface area contributed by atoms with Crippen molar-refractivity contribution in [2.24, 2.45) is 0 Å². The highest BCUT2D eigenvalue weighted by Crippen LogP contribution is 2.38. The van der Waals surface area contributed by atoms with Crippen molar-refractivity contribution >= 4 is 29.3 Å². The predicted octanol–water partition coefficient (Wildman–Crippen LogP) is 3.62. The van der Waals surface area contributed by atoms with Crippen LogP contribution < -0.4 is 10.6 Å². The minimum atomic E-state index is -0.139. The third-order valence-corrected chi connectivity index (χ3v) is 6.16. The van der Waals surface area contributed by atoms with E-state index in [4.69, 9.17) is 0 Å². The summed E-state index contributed by atoms with van der Waals surface area (Å²) in [6, 6.07) is 13.0. The Morgan fingerprint density at radius 1 is 1.07 bits per heavy atom. The van der Waals surface area contributed by atoms with Gasteiger partial charge in [0.1, 0.15) is 0 Å². The van der Waals surface area contributed by atoms with Crippen molar-refractivity contribution in [3.8, 4) is 0 Å². The zero-order chi connectivity index (χ0) is 18.6. The average Bonchev–Trinajstić information content (AvgIpc) is 2.84. The van der Waals surface area contributed by atoms with Crippen molar-refractivity contribution in [2.45, 2.75) is 29.1 Å². The fourth-order valence-corrected chi connectivity index (χ4v) is 4.53. The Hall–Kier alpha value is -2.31. The second kappa shape index (κ2) is 8.15. The molecule has 1 saturated heterocycles. The second-order valence-electron chi connectivity index (χ2n) is 6.92. The molecule has 0 bridgehead atoms. The molecule has 0 saturated carbocycles. The molecule has 2 N–H and O–H groups in total. The Balaban J connectivity index is 1.43. The van der Waals surface area contributed by atoms with Gasteiger partial charge in [-0.05, 0) is 56.3 Å². The zero-order valence-electron chi connectivity index (χ0n) is 15.2. The first-order chi connectivity index (χ1) is 13.2. The average molecular weight is 382 g/mol. The van der Waals surface area contributed by atoms with E-state index in [0.29, 0.717) is 23.4 Å². The number of piperidine rings is 1. The number of nitrogens with one attached hydrogen (secondary N) is 2. The van der Waals surface area contributed by atoms with Crippen molar-refractivity contribution < 1.29 is 9.59 Å². The van der Waals surface area contributed by atoms with E-state index in [-0.39, 0.29) is 11.8 Å². The Morgan fingerprint density at radius 2 is 1.89 bits per heavy atom. The number of hydrogen-bond acceptors (Lipinski definition) is 4. The van der Waals surface area contributed by atoms with E-state index in [0.717, 1.165) is 29.4 Å². The fourth-order valence-electron chi connectivity index (χ4n) is 3.52. The molecule has 2 aliphatic rings. The first-order valence-corrected chi connectivity index (χ1v) is 10.3. The van der Waals surface area contributed by atoms with Gasteiger partial charge in [0, 0.05) is 28.4 Å². The van der Waals surface area contributed by atoms with Crippen LogP contribution in [0.5, 0.6) is 0 Å². The van der Waals surface area contributed by atoms with E-state index in [1.807, 2.05) is 36.4 Å². The van der Waals surface area contributed by atoms with Crippen LogP contribution in [-0.4, -0.2) is 42.9 Å². The van der Waals surface area contributed by atoms with Gasteiger partial charge >= 0.3 is 0 Å². The van der Waals surface area contributed by atoms with Gasteiger partial charge in [0.15, 0.2) is 0 Å². The van der Waals surface area contributed by atoms with Crippen molar-refractivity contribution in [1.82, 2.24) is 10.2 Å². The maximum atomic E-state index is 12.5. The molecule has 0 spiro atoms. The molecule has 0 aromatic heterocycles. The van der Waals surface area contributed by atoms with Crippen LogP contribution in [0.25, 0.3) is 0 Å². The second-order valence-corrected chi connectivity index (χ2v) is 8.01. The van der Waals surface area contributed by atoms with Crippen LogP contribution in [-0.2, 0) is 0 Å². The van der Waals surface area contributed by atoms with E-state index in [1.54, 1.807) is 17.8 Å². The van der Waals surface area contributed by atoms with Gasteiger partial charge in [0.05, 0.1) is 11.3 Å². The van der Waals surface area contributed by atoms with Crippen molar-refractivity contribution in [3.63, 3.8) is 0 Å². The zero-order valence-corrected chi connectivity index (χ0v) is 16.0. The molecule has 140 valence electrons. The number of carbonyl (C=O) groups is 2. The van der Waals surface area contributed by atoms with Crippen molar-refractivity contribution in [1.29, 1.82) is 0 Å². The highest BCUT2D eigenvalue weighted by molar-refractivity contribution is 7.99. The van der Waals surface area contributed by atoms with Crippen molar-refractivity contribution in [2.75, 3.05) is 31.5 Å². The molecule has 0 atom stereocenters. The monoisotopic (exact) mass is 381 g/mol. The predicted molar refractivity (Wildman–Crippen MR) is 108 cm³/mol. The van der Waals surface area contributed by atoms with Gasteiger partial charge in [0.25, 0.3) is 11.8 Å². The molecule has 27 heavy (non-hydrogen) atoms. The number of likely N-dealkylation sites (tertiary alicyclic amines) is 1. The topological polar surface area (TPSA) is 61.4 Å². The minimum absolute atomic E-state index is 0.101. The van der Waals surface area contributed by atoms with Gasteiger partial charge in [-0.1, -0.05) is 30.3 Å². The molecule has 0 unspecified atom stereocenters. The molecular formula is C21H23N3O2S. The van der Waals surface area contributed by atoms with Crippen LogP contribution in [0.2, 0.25) is 0 Å². The number of fused-ring (bicyclic) bond motifs is 2. The summed E-state index contributed by atoms with van der Waals surface area (Å²) in [5.74, 6) is -0.240. The largest absolute Gasteiger partial charge is 0.351 e. The molecule has 1 fully saturated rings. The highest BCUT2D eigenvalue weighted by Gasteiger charge is 2.20. The van der Waals surface area contributed by atoms with Gasteiger partial charge in [-0.15, -0.1) is 0 Å². The molecule has 4 rings (SSSR count). The molecule has 2 amide bonds. The summed E-state index contributed by atoms with van der Waals surface area (Å²) >= 11 is 1.54. The van der Waals surface area contributed by atoms with Gasteiger partial charge < -0.3 is 15.5 Å². The molecule has 2 heterocycles. The molecular weight excluding hydrogens is 358 g/mol. The summed E-state index contributed by atoms with van der Waals surface area (Å²) < 4.78 is 0. The van der Waals surface area contributed by atoms with Crippen molar-refractivity contribution in [3.05, 3.63) is 53.6 Å². The molecule has 0 aliphatic carbocycles. The summed E-state index contributed by atoms with van der Waals surface area (Å²) in [4.78, 5) is 29.2. The number of benzene rings is 2. The Morgan fingerprint density at radius 3 is 2.74 bits per heavy atom. The highest BCUT2D eigenvalue weighted by atomic mass is 32.2. The first-order valence-electron chi connectivity index (χ1n) is 9.43. The van der Waals surface area contributed by atoms with E-state index in [9.17, 15) is 9.59 Å². The van der Waals surface area contributed by atoms with Crippen LogP contribution in [0.4, 0.5) is 5.69 Å². The quantitative estimate of drug-likeness (QED) is 0.849. The summed E-state index contributed by atoms with van der Waals surface area (Å²) in [6.45, 7) is 3.78. The third kappa shape index (κ3) is 4.17. The van der Waals surface area contributed by atoms with E-state index in [1.165, 1.54) is 19.3 Å². The number of hydrogen-bond donors (Lipinski definition) is 2. The van der Waals surface area contributed by atoms with Gasteiger partial charge in [0.2, 0.25) is 0 Å². The summed E-state index contributed by atoms with van der Waals surface area (Å²) in [5, 5.41) is 5.93. The lowest BCUT2D eigenvalue weighted by Gasteiger charge is -2.26.